The molecule has 0 fully saturated rings. The van der Waals surface area contributed by atoms with E-state index in [1.807, 2.05) is 30.3 Å². The van der Waals surface area contributed by atoms with Crippen molar-refractivity contribution in [3.05, 3.63) is 63.9 Å². The third-order valence-corrected chi connectivity index (χ3v) is 4.68. The number of nitrogens with zero attached hydrogens (tertiary/aromatic N) is 1. The summed E-state index contributed by atoms with van der Waals surface area (Å²) >= 11 is 5.91. The van der Waals surface area contributed by atoms with Crippen LogP contribution in [0.3, 0.4) is 0 Å². The summed E-state index contributed by atoms with van der Waals surface area (Å²) in [5.74, 6) is 0.325. The highest BCUT2D eigenvalue weighted by Gasteiger charge is 2.31. The van der Waals surface area contributed by atoms with Gasteiger partial charge in [-0.25, -0.2) is 4.39 Å². The first-order chi connectivity index (χ1) is 11.1. The van der Waals surface area contributed by atoms with Crippen molar-refractivity contribution in [1.82, 2.24) is 4.90 Å². The van der Waals surface area contributed by atoms with Gasteiger partial charge in [-0.15, -0.1) is 0 Å². The van der Waals surface area contributed by atoms with Crippen molar-refractivity contribution in [3.8, 4) is 5.75 Å². The molecule has 2 aromatic carbocycles. The van der Waals surface area contributed by atoms with Gasteiger partial charge in [-0.05, 0) is 35.7 Å². The van der Waals surface area contributed by atoms with Gasteiger partial charge in [-0.1, -0.05) is 23.7 Å². The molecule has 0 saturated carbocycles. The van der Waals surface area contributed by atoms with Crippen molar-refractivity contribution >= 4 is 11.6 Å². The van der Waals surface area contributed by atoms with Gasteiger partial charge in [0.25, 0.3) is 0 Å². The van der Waals surface area contributed by atoms with Gasteiger partial charge in [-0.2, -0.15) is 0 Å². The van der Waals surface area contributed by atoms with Crippen LogP contribution in [-0.4, -0.2) is 25.1 Å². The van der Waals surface area contributed by atoms with Crippen LogP contribution in [-0.2, 0) is 13.0 Å². The molecule has 2 N–H and O–H groups in total. The monoisotopic (exact) mass is 334 g/mol. The van der Waals surface area contributed by atoms with E-state index in [-0.39, 0.29) is 11.9 Å². The smallest absolute Gasteiger partial charge is 0.131 e. The van der Waals surface area contributed by atoms with E-state index >= 15 is 0 Å². The Bertz CT molecular complexity index is 690. The number of ether oxygens (including phenoxy) is 1. The molecule has 5 heteroatoms. The normalized spacial score (nSPS) is 17.3. The maximum absolute atomic E-state index is 14.3. The fourth-order valence-electron chi connectivity index (χ4n) is 3.16. The third-order valence-electron chi connectivity index (χ3n) is 4.42. The molecule has 2 aromatic rings. The molecule has 3 rings (SSSR count). The standard InChI is InChI=1S/C18H20ClFN2O/c1-23-14-8-15-16(17(20)9-14)11-22(18(15)10-21)7-6-12-2-4-13(19)5-3-12/h2-5,8-9,18H,6-7,10-11,21H2,1H3. The second kappa shape index (κ2) is 6.87. The molecular formula is C18H20ClFN2O. The molecule has 0 bridgehead atoms. The Balaban J connectivity index is 1.76. The molecular weight excluding hydrogens is 315 g/mol. The predicted molar refractivity (Wildman–Crippen MR) is 90.3 cm³/mol. The lowest BCUT2D eigenvalue weighted by Gasteiger charge is -2.23. The molecule has 1 atom stereocenters. The molecule has 1 aliphatic rings. The van der Waals surface area contributed by atoms with E-state index in [0.29, 0.717) is 18.8 Å². The van der Waals surface area contributed by atoms with Crippen LogP contribution in [0, 0.1) is 5.82 Å². The largest absolute Gasteiger partial charge is 0.497 e. The minimum absolute atomic E-state index is 0.0295. The summed E-state index contributed by atoms with van der Waals surface area (Å²) in [7, 11) is 1.55. The zero-order valence-corrected chi connectivity index (χ0v) is 13.8. The second-order valence-electron chi connectivity index (χ2n) is 5.78. The van der Waals surface area contributed by atoms with Crippen molar-refractivity contribution in [1.29, 1.82) is 0 Å². The third kappa shape index (κ3) is 3.34. The number of hydrogen-bond donors (Lipinski definition) is 1. The summed E-state index contributed by atoms with van der Waals surface area (Å²) in [6.45, 7) is 1.86. The average Bonchev–Trinajstić information content (AvgIpc) is 2.92. The van der Waals surface area contributed by atoms with E-state index in [4.69, 9.17) is 22.1 Å². The van der Waals surface area contributed by atoms with E-state index in [1.165, 1.54) is 11.6 Å². The van der Waals surface area contributed by atoms with E-state index in [1.54, 1.807) is 7.11 Å². The maximum Gasteiger partial charge on any atom is 0.131 e. The van der Waals surface area contributed by atoms with Crippen molar-refractivity contribution in [2.45, 2.75) is 19.0 Å². The highest BCUT2D eigenvalue weighted by molar-refractivity contribution is 6.30. The average molecular weight is 335 g/mol. The molecule has 0 radical (unpaired) electrons. The zero-order valence-electron chi connectivity index (χ0n) is 13.1. The highest BCUT2D eigenvalue weighted by atomic mass is 35.5. The lowest BCUT2D eigenvalue weighted by Crippen LogP contribution is -2.29. The number of rotatable bonds is 5. The van der Waals surface area contributed by atoms with Gasteiger partial charge in [0.15, 0.2) is 0 Å². The molecule has 0 amide bonds. The van der Waals surface area contributed by atoms with Crippen molar-refractivity contribution < 1.29 is 9.13 Å². The molecule has 3 nitrogen and oxygen atoms in total. The zero-order chi connectivity index (χ0) is 16.4. The van der Waals surface area contributed by atoms with E-state index < -0.39 is 0 Å². The van der Waals surface area contributed by atoms with Crippen LogP contribution in [0.4, 0.5) is 4.39 Å². The second-order valence-corrected chi connectivity index (χ2v) is 6.21. The summed E-state index contributed by atoms with van der Waals surface area (Å²) in [6.07, 6.45) is 0.875. The van der Waals surface area contributed by atoms with Crippen LogP contribution < -0.4 is 10.5 Å². The Morgan fingerprint density at radius 1 is 1.30 bits per heavy atom. The minimum atomic E-state index is -0.216. The number of benzene rings is 2. The first-order valence-electron chi connectivity index (χ1n) is 7.67. The van der Waals surface area contributed by atoms with E-state index in [0.717, 1.165) is 29.1 Å². The van der Waals surface area contributed by atoms with Crippen molar-refractivity contribution in [2.24, 2.45) is 5.73 Å². The Morgan fingerprint density at radius 3 is 2.70 bits per heavy atom. The fourth-order valence-corrected chi connectivity index (χ4v) is 3.28. The Kier molecular flexibility index (Phi) is 4.85. The highest BCUT2D eigenvalue weighted by Crippen LogP contribution is 2.37. The van der Waals surface area contributed by atoms with Crippen LogP contribution in [0.25, 0.3) is 0 Å². The molecule has 0 spiro atoms. The van der Waals surface area contributed by atoms with Crippen molar-refractivity contribution in [3.63, 3.8) is 0 Å². The van der Waals surface area contributed by atoms with Gasteiger partial charge in [0, 0.05) is 42.3 Å². The first kappa shape index (κ1) is 16.2. The number of nitrogens with two attached hydrogens (primary N) is 1. The Hall–Kier alpha value is -1.62. The van der Waals surface area contributed by atoms with Crippen LogP contribution >= 0.6 is 11.6 Å². The number of methoxy groups -OCH3 is 1. The molecule has 0 aliphatic carbocycles. The summed E-state index contributed by atoms with van der Waals surface area (Å²) in [6, 6.07) is 11.2. The van der Waals surface area contributed by atoms with Gasteiger partial charge in [0.05, 0.1) is 7.11 Å². The van der Waals surface area contributed by atoms with E-state index in [2.05, 4.69) is 4.90 Å². The molecule has 0 aromatic heterocycles. The fraction of sp³-hybridized carbons (Fsp3) is 0.333. The first-order valence-corrected chi connectivity index (χ1v) is 8.05. The van der Waals surface area contributed by atoms with Crippen LogP contribution in [0.1, 0.15) is 22.7 Å². The molecule has 1 heterocycles. The molecule has 23 heavy (non-hydrogen) atoms. The predicted octanol–water partition coefficient (Wildman–Crippen LogP) is 3.55. The minimum Gasteiger partial charge on any atom is -0.497 e. The maximum atomic E-state index is 14.3. The molecule has 1 aliphatic heterocycles. The number of fused-ring (bicyclic) bond motifs is 1. The van der Waals surface area contributed by atoms with Gasteiger partial charge in [0.2, 0.25) is 0 Å². The lowest BCUT2D eigenvalue weighted by molar-refractivity contribution is 0.222. The van der Waals surface area contributed by atoms with Gasteiger partial charge < -0.3 is 10.5 Å². The van der Waals surface area contributed by atoms with Crippen LogP contribution in [0.5, 0.6) is 5.75 Å². The van der Waals surface area contributed by atoms with Crippen LogP contribution in [0.15, 0.2) is 36.4 Å². The SMILES string of the molecule is COc1cc(F)c2c(c1)C(CN)N(CCc1ccc(Cl)cc1)C2. The number of halogens is 2. The lowest BCUT2D eigenvalue weighted by atomic mass is 10.0. The van der Waals surface area contributed by atoms with E-state index in [9.17, 15) is 4.39 Å². The molecule has 0 saturated heterocycles. The van der Waals surface area contributed by atoms with Gasteiger partial charge >= 0.3 is 0 Å². The quantitative estimate of drug-likeness (QED) is 0.908. The van der Waals surface area contributed by atoms with Crippen molar-refractivity contribution in [2.75, 3.05) is 20.2 Å². The topological polar surface area (TPSA) is 38.5 Å². The Labute approximate surface area is 140 Å². The summed E-state index contributed by atoms with van der Waals surface area (Å²) < 4.78 is 19.4. The van der Waals surface area contributed by atoms with Crippen LogP contribution in [0.2, 0.25) is 5.02 Å². The summed E-state index contributed by atoms with van der Waals surface area (Å²) in [5, 5.41) is 0.733. The Morgan fingerprint density at radius 2 is 2.04 bits per heavy atom. The van der Waals surface area contributed by atoms with Gasteiger partial charge in [0.1, 0.15) is 11.6 Å². The number of hydrogen-bond acceptors (Lipinski definition) is 3. The summed E-state index contributed by atoms with van der Waals surface area (Å²) in [5.41, 5.74) is 8.83. The molecule has 1 unspecified atom stereocenters. The summed E-state index contributed by atoms with van der Waals surface area (Å²) in [4.78, 5) is 2.22. The molecule has 122 valence electrons. The van der Waals surface area contributed by atoms with Gasteiger partial charge in [-0.3, -0.25) is 4.90 Å².